The molecule has 1 aromatic heterocycles. The van der Waals surface area contributed by atoms with Crippen molar-refractivity contribution < 1.29 is 4.79 Å². The predicted molar refractivity (Wildman–Crippen MR) is 113 cm³/mol. The first-order chi connectivity index (χ1) is 13.7. The second-order valence-electron chi connectivity index (χ2n) is 7.44. The van der Waals surface area contributed by atoms with E-state index in [0.29, 0.717) is 5.69 Å². The number of pyridine rings is 1. The van der Waals surface area contributed by atoms with E-state index >= 15 is 0 Å². The molecule has 2 saturated heterocycles. The first kappa shape index (κ1) is 18.7. The fourth-order valence-electron chi connectivity index (χ4n) is 4.02. The Bertz CT molecular complexity index is 781. The van der Waals surface area contributed by atoms with Gasteiger partial charge in [-0.1, -0.05) is 25.1 Å². The molecule has 3 heterocycles. The molecule has 0 saturated carbocycles. The van der Waals surface area contributed by atoms with Crippen LogP contribution in [0, 0.1) is 0 Å². The molecule has 4 rings (SSSR count). The number of hydrogen-bond donors (Lipinski definition) is 0. The van der Waals surface area contributed by atoms with Gasteiger partial charge in [0.1, 0.15) is 5.69 Å². The summed E-state index contributed by atoms with van der Waals surface area (Å²) in [5.74, 6) is 0.0433. The smallest absolute Gasteiger partial charge is 0.272 e. The minimum atomic E-state index is 0.0433. The summed E-state index contributed by atoms with van der Waals surface area (Å²) in [7, 11) is 0. The third kappa shape index (κ3) is 4.12. The summed E-state index contributed by atoms with van der Waals surface area (Å²) in [6, 6.07) is 14.4. The van der Waals surface area contributed by atoms with Gasteiger partial charge in [-0.25, -0.2) is 0 Å². The molecule has 0 unspecified atom stereocenters. The molecule has 0 N–H and O–H groups in total. The molecule has 6 nitrogen and oxygen atoms in total. The zero-order chi connectivity index (χ0) is 19.3. The second kappa shape index (κ2) is 8.61. The maximum Gasteiger partial charge on any atom is 0.272 e. The van der Waals surface area contributed by atoms with Gasteiger partial charge in [0.05, 0.1) is 0 Å². The van der Waals surface area contributed by atoms with Crippen LogP contribution in [0.25, 0.3) is 0 Å². The van der Waals surface area contributed by atoms with Crippen molar-refractivity contribution in [2.75, 3.05) is 68.7 Å². The van der Waals surface area contributed by atoms with Crippen molar-refractivity contribution in [3.8, 4) is 0 Å². The summed E-state index contributed by atoms with van der Waals surface area (Å²) in [5, 5.41) is 0. The molecule has 2 aliphatic rings. The summed E-state index contributed by atoms with van der Waals surface area (Å²) in [6.45, 7) is 10.6. The summed E-state index contributed by atoms with van der Waals surface area (Å²) in [6.07, 6.45) is 1.77. The summed E-state index contributed by atoms with van der Waals surface area (Å²) in [5.41, 5.74) is 2.89. The van der Waals surface area contributed by atoms with Crippen molar-refractivity contribution in [1.29, 1.82) is 0 Å². The van der Waals surface area contributed by atoms with Crippen LogP contribution in [-0.4, -0.2) is 79.6 Å². The number of piperazine rings is 2. The normalized spacial score (nSPS) is 18.4. The van der Waals surface area contributed by atoms with E-state index in [4.69, 9.17) is 0 Å². The molecular weight excluding hydrogens is 350 g/mol. The Balaban J connectivity index is 1.38. The van der Waals surface area contributed by atoms with Crippen LogP contribution in [0.3, 0.4) is 0 Å². The highest BCUT2D eigenvalue weighted by molar-refractivity contribution is 5.93. The van der Waals surface area contributed by atoms with E-state index in [1.165, 1.54) is 5.69 Å². The molecule has 28 heavy (non-hydrogen) atoms. The number of amides is 1. The van der Waals surface area contributed by atoms with Gasteiger partial charge in [-0.2, -0.15) is 0 Å². The Morgan fingerprint density at radius 1 is 0.857 bits per heavy atom. The second-order valence-corrected chi connectivity index (χ2v) is 7.44. The van der Waals surface area contributed by atoms with Gasteiger partial charge in [-0.05, 0) is 30.8 Å². The van der Waals surface area contributed by atoms with Crippen LogP contribution in [0.15, 0.2) is 48.7 Å². The Labute approximate surface area is 167 Å². The SMILES string of the molecule is CCN1CCN(c2ccnc(C(=O)N3CCN(c4ccccc4)CC3)c2)CC1. The molecule has 0 atom stereocenters. The number of para-hydroxylation sites is 1. The Hall–Kier alpha value is -2.60. The van der Waals surface area contributed by atoms with E-state index in [9.17, 15) is 4.79 Å². The Morgan fingerprint density at radius 3 is 2.18 bits per heavy atom. The number of aromatic nitrogens is 1. The van der Waals surface area contributed by atoms with Crippen LogP contribution in [0.1, 0.15) is 17.4 Å². The van der Waals surface area contributed by atoms with Crippen molar-refractivity contribution in [2.45, 2.75) is 6.92 Å². The topological polar surface area (TPSA) is 42.9 Å². The molecule has 2 aliphatic heterocycles. The number of carbonyl (C=O) groups excluding carboxylic acids is 1. The van der Waals surface area contributed by atoms with Crippen LogP contribution in [-0.2, 0) is 0 Å². The minimum absolute atomic E-state index is 0.0433. The van der Waals surface area contributed by atoms with Gasteiger partial charge >= 0.3 is 0 Å². The number of benzene rings is 1. The number of carbonyl (C=O) groups is 1. The van der Waals surface area contributed by atoms with Crippen LogP contribution in [0.5, 0.6) is 0 Å². The lowest BCUT2D eigenvalue weighted by atomic mass is 10.2. The fourth-order valence-corrected chi connectivity index (χ4v) is 4.02. The van der Waals surface area contributed by atoms with Crippen molar-refractivity contribution in [2.24, 2.45) is 0 Å². The Morgan fingerprint density at radius 2 is 1.50 bits per heavy atom. The molecule has 1 amide bonds. The molecule has 6 heteroatoms. The molecule has 148 valence electrons. The van der Waals surface area contributed by atoms with Crippen LogP contribution in [0.4, 0.5) is 11.4 Å². The van der Waals surface area contributed by atoms with Crippen molar-refractivity contribution in [1.82, 2.24) is 14.8 Å². The third-order valence-electron chi connectivity index (χ3n) is 5.84. The zero-order valence-corrected chi connectivity index (χ0v) is 16.6. The maximum atomic E-state index is 13.0. The monoisotopic (exact) mass is 379 g/mol. The highest BCUT2D eigenvalue weighted by Gasteiger charge is 2.24. The first-order valence-corrected chi connectivity index (χ1v) is 10.3. The predicted octanol–water partition coefficient (Wildman–Crippen LogP) is 2.19. The van der Waals surface area contributed by atoms with Crippen molar-refractivity contribution in [3.05, 3.63) is 54.4 Å². The number of hydrogen-bond acceptors (Lipinski definition) is 5. The standard InChI is InChI=1S/C22H29N5O/c1-2-24-10-12-26(13-11-24)20-8-9-23-21(18-20)22(28)27-16-14-25(15-17-27)19-6-4-3-5-7-19/h3-9,18H,2,10-17H2,1H3. The van der Waals surface area contributed by atoms with E-state index < -0.39 is 0 Å². The van der Waals surface area contributed by atoms with Crippen molar-refractivity contribution >= 4 is 17.3 Å². The molecule has 2 fully saturated rings. The van der Waals surface area contributed by atoms with Gasteiger partial charge in [0.15, 0.2) is 0 Å². The van der Waals surface area contributed by atoms with Gasteiger partial charge in [0.25, 0.3) is 5.91 Å². The molecule has 0 bridgehead atoms. The molecule has 1 aromatic carbocycles. The van der Waals surface area contributed by atoms with Gasteiger partial charge in [0.2, 0.25) is 0 Å². The quantitative estimate of drug-likeness (QED) is 0.815. The average molecular weight is 380 g/mol. The summed E-state index contributed by atoms with van der Waals surface area (Å²) in [4.78, 5) is 26.4. The van der Waals surface area contributed by atoms with Gasteiger partial charge in [0, 0.05) is 69.9 Å². The average Bonchev–Trinajstić information content (AvgIpc) is 2.79. The first-order valence-electron chi connectivity index (χ1n) is 10.3. The van der Waals surface area contributed by atoms with Gasteiger partial charge in [-0.15, -0.1) is 0 Å². The summed E-state index contributed by atoms with van der Waals surface area (Å²) >= 11 is 0. The van der Waals surface area contributed by atoms with E-state index in [1.807, 2.05) is 23.1 Å². The fraction of sp³-hybridized carbons (Fsp3) is 0.455. The highest BCUT2D eigenvalue weighted by atomic mass is 16.2. The van der Waals surface area contributed by atoms with E-state index in [0.717, 1.165) is 64.6 Å². The lowest BCUT2D eigenvalue weighted by Crippen LogP contribution is -2.49. The van der Waals surface area contributed by atoms with E-state index in [2.05, 4.69) is 50.9 Å². The minimum Gasteiger partial charge on any atom is -0.369 e. The lowest BCUT2D eigenvalue weighted by Gasteiger charge is -2.36. The maximum absolute atomic E-state index is 13.0. The van der Waals surface area contributed by atoms with E-state index in [-0.39, 0.29) is 5.91 Å². The molecule has 0 radical (unpaired) electrons. The molecule has 0 spiro atoms. The molecule has 2 aromatic rings. The van der Waals surface area contributed by atoms with Crippen LogP contribution < -0.4 is 9.80 Å². The zero-order valence-electron chi connectivity index (χ0n) is 16.6. The number of rotatable bonds is 4. The number of likely N-dealkylation sites (N-methyl/N-ethyl adjacent to an activating group) is 1. The molecule has 0 aliphatic carbocycles. The van der Waals surface area contributed by atoms with Gasteiger partial charge in [-0.3, -0.25) is 9.78 Å². The summed E-state index contributed by atoms with van der Waals surface area (Å²) < 4.78 is 0. The lowest BCUT2D eigenvalue weighted by molar-refractivity contribution is 0.0741. The van der Waals surface area contributed by atoms with Gasteiger partial charge < -0.3 is 19.6 Å². The number of nitrogens with zero attached hydrogens (tertiary/aromatic N) is 5. The van der Waals surface area contributed by atoms with Crippen LogP contribution in [0.2, 0.25) is 0 Å². The highest BCUT2D eigenvalue weighted by Crippen LogP contribution is 2.20. The van der Waals surface area contributed by atoms with Crippen molar-refractivity contribution in [3.63, 3.8) is 0 Å². The Kier molecular flexibility index (Phi) is 5.76. The van der Waals surface area contributed by atoms with Crippen LogP contribution >= 0.6 is 0 Å². The third-order valence-corrected chi connectivity index (χ3v) is 5.84. The largest absolute Gasteiger partial charge is 0.369 e. The number of anilines is 2. The molecular formula is C22H29N5O. The van der Waals surface area contributed by atoms with E-state index in [1.54, 1.807) is 6.20 Å².